The zero-order valence-corrected chi connectivity index (χ0v) is 19.0. The van der Waals surface area contributed by atoms with Crippen molar-refractivity contribution >= 4 is 23.1 Å². The van der Waals surface area contributed by atoms with Crippen molar-refractivity contribution in [2.45, 2.75) is 63.2 Å². The summed E-state index contributed by atoms with van der Waals surface area (Å²) in [6, 6.07) is 16.3. The molecule has 33 heavy (non-hydrogen) atoms. The van der Waals surface area contributed by atoms with E-state index in [1.54, 1.807) is 0 Å². The van der Waals surface area contributed by atoms with E-state index in [9.17, 15) is 9.90 Å². The summed E-state index contributed by atoms with van der Waals surface area (Å²) < 4.78 is 5.60. The highest BCUT2D eigenvalue weighted by atomic mass is 16.6. The molecule has 2 heterocycles. The van der Waals surface area contributed by atoms with Crippen LogP contribution in [-0.4, -0.2) is 39.3 Å². The second kappa shape index (κ2) is 9.44. The summed E-state index contributed by atoms with van der Waals surface area (Å²) in [5, 5.41) is 11.8. The van der Waals surface area contributed by atoms with Crippen LogP contribution in [-0.2, 0) is 17.8 Å². The van der Waals surface area contributed by atoms with Gasteiger partial charge in [0.25, 0.3) is 0 Å². The molecule has 2 fully saturated rings. The van der Waals surface area contributed by atoms with Crippen molar-refractivity contribution in [3.8, 4) is 0 Å². The van der Waals surface area contributed by atoms with Gasteiger partial charge in [-0.1, -0.05) is 61.4 Å². The molecule has 0 radical (unpaired) electrons. The molecule has 1 aromatic heterocycles. The normalized spacial score (nSPS) is 20.2. The molecule has 172 valence electrons. The largest absolute Gasteiger partial charge is 0.445 e. The van der Waals surface area contributed by atoms with Gasteiger partial charge >= 0.3 is 6.09 Å². The molecule has 0 unspecified atom stereocenters. The Labute approximate surface area is 195 Å². The number of rotatable bonds is 6. The predicted molar refractivity (Wildman–Crippen MR) is 131 cm³/mol. The Kier molecular flexibility index (Phi) is 6.23. The van der Waals surface area contributed by atoms with Crippen molar-refractivity contribution in [3.05, 3.63) is 77.5 Å². The predicted octanol–water partition coefficient (Wildman–Crippen LogP) is 5.83. The number of carbonyl (C=O) groups is 1. The number of aromatic amines is 1. The van der Waals surface area contributed by atoms with Crippen LogP contribution in [0.5, 0.6) is 0 Å². The first-order valence-corrected chi connectivity index (χ1v) is 12.1. The highest BCUT2D eigenvalue weighted by Crippen LogP contribution is 2.32. The van der Waals surface area contributed by atoms with Crippen molar-refractivity contribution in [2.75, 3.05) is 6.54 Å². The van der Waals surface area contributed by atoms with Crippen LogP contribution in [0.1, 0.15) is 55.2 Å². The Hall–Kier alpha value is -3.05. The van der Waals surface area contributed by atoms with E-state index < -0.39 is 5.60 Å². The molecule has 0 spiro atoms. The van der Waals surface area contributed by atoms with Gasteiger partial charge in [-0.3, -0.25) is 0 Å². The van der Waals surface area contributed by atoms with E-state index in [-0.39, 0.29) is 12.1 Å². The molecule has 1 saturated carbocycles. The van der Waals surface area contributed by atoms with Gasteiger partial charge in [0.2, 0.25) is 0 Å². The van der Waals surface area contributed by atoms with Gasteiger partial charge < -0.3 is 19.7 Å². The minimum atomic E-state index is -0.652. The molecule has 3 aromatic rings. The second-order valence-electron chi connectivity index (χ2n) is 9.50. The lowest BCUT2D eigenvalue weighted by atomic mass is 9.99. The van der Waals surface area contributed by atoms with Crippen molar-refractivity contribution in [1.82, 2.24) is 9.88 Å². The third-order valence-electron chi connectivity index (χ3n) is 7.12. The van der Waals surface area contributed by atoms with Crippen molar-refractivity contribution in [1.29, 1.82) is 0 Å². The molecule has 1 aliphatic heterocycles. The molecule has 5 heteroatoms. The Balaban J connectivity index is 1.27. The summed E-state index contributed by atoms with van der Waals surface area (Å²) >= 11 is 0. The van der Waals surface area contributed by atoms with Crippen molar-refractivity contribution < 1.29 is 14.6 Å². The highest BCUT2D eigenvalue weighted by molar-refractivity contribution is 5.85. The Morgan fingerprint density at radius 3 is 2.79 bits per heavy atom. The van der Waals surface area contributed by atoms with Crippen LogP contribution in [0, 0.1) is 0 Å². The van der Waals surface area contributed by atoms with Crippen molar-refractivity contribution in [3.63, 3.8) is 0 Å². The first-order chi connectivity index (χ1) is 16.1. The highest BCUT2D eigenvalue weighted by Gasteiger charge is 2.31. The number of amides is 1. The molecule has 1 aliphatic carbocycles. The smallest absolute Gasteiger partial charge is 0.410 e. The number of aliphatic hydroxyl groups is 1. The number of fused-ring (bicyclic) bond motifs is 1. The SMILES string of the molecule is O=C(OCc1ccccc1)N1CCC[C@@H]1Cc1c[nH]c2ccc(C=CC3(O)CCCC3)cc12. The number of hydrogen-bond acceptors (Lipinski definition) is 3. The van der Waals surface area contributed by atoms with Gasteiger partial charge in [-0.2, -0.15) is 0 Å². The first kappa shape index (κ1) is 21.8. The van der Waals surface area contributed by atoms with Crippen LogP contribution in [0.4, 0.5) is 4.79 Å². The molecule has 2 aliphatic rings. The van der Waals surface area contributed by atoms with Crippen LogP contribution in [0.2, 0.25) is 0 Å². The zero-order chi connectivity index (χ0) is 22.7. The number of hydrogen-bond donors (Lipinski definition) is 2. The van der Waals surface area contributed by atoms with Gasteiger partial charge in [0.15, 0.2) is 0 Å². The fourth-order valence-corrected chi connectivity index (χ4v) is 5.22. The summed E-state index contributed by atoms with van der Waals surface area (Å²) in [5.41, 5.74) is 3.75. The Bertz CT molecular complexity index is 1130. The molecule has 5 nitrogen and oxygen atoms in total. The van der Waals surface area contributed by atoms with Gasteiger partial charge in [0.05, 0.1) is 5.60 Å². The van der Waals surface area contributed by atoms with E-state index in [0.29, 0.717) is 6.61 Å². The van der Waals surface area contributed by atoms with E-state index in [1.807, 2.05) is 47.4 Å². The number of ether oxygens (including phenoxy) is 1. The van der Waals surface area contributed by atoms with Gasteiger partial charge in [-0.15, -0.1) is 0 Å². The third kappa shape index (κ3) is 4.98. The average Bonchev–Trinajstić information content (AvgIpc) is 3.58. The first-order valence-electron chi connectivity index (χ1n) is 12.1. The number of carbonyl (C=O) groups excluding carboxylic acids is 1. The Morgan fingerprint density at radius 2 is 1.97 bits per heavy atom. The number of benzene rings is 2. The Morgan fingerprint density at radius 1 is 1.15 bits per heavy atom. The fourth-order valence-electron chi connectivity index (χ4n) is 5.22. The molecule has 1 saturated heterocycles. The van der Waals surface area contributed by atoms with Gasteiger partial charge in [0.1, 0.15) is 6.61 Å². The number of H-pyrrole nitrogens is 1. The van der Waals surface area contributed by atoms with Crippen molar-refractivity contribution in [2.24, 2.45) is 0 Å². The van der Waals surface area contributed by atoms with E-state index in [4.69, 9.17) is 4.74 Å². The average molecular weight is 445 g/mol. The van der Waals surface area contributed by atoms with Crippen LogP contribution in [0.25, 0.3) is 17.0 Å². The molecular weight excluding hydrogens is 412 g/mol. The van der Waals surface area contributed by atoms with E-state index in [2.05, 4.69) is 29.4 Å². The van der Waals surface area contributed by atoms with Crippen LogP contribution >= 0.6 is 0 Å². The summed E-state index contributed by atoms with van der Waals surface area (Å²) in [4.78, 5) is 18.0. The van der Waals surface area contributed by atoms with Crippen LogP contribution in [0.3, 0.4) is 0 Å². The maximum absolute atomic E-state index is 12.8. The minimum absolute atomic E-state index is 0.144. The van der Waals surface area contributed by atoms with E-state index in [1.165, 1.54) is 10.9 Å². The summed E-state index contributed by atoms with van der Waals surface area (Å²) in [5.74, 6) is 0. The zero-order valence-electron chi connectivity index (χ0n) is 19.0. The standard InChI is InChI=1S/C28H32N2O3/c31-27(33-20-22-7-2-1-3-8-22)30-16-6-9-24(30)18-23-19-29-26-11-10-21(17-25(23)26)12-15-28(32)13-4-5-14-28/h1-3,7-8,10-12,15,17,19,24,29,32H,4-6,9,13-14,16,18,20H2/t24-/m1/s1. The molecule has 1 amide bonds. The summed E-state index contributed by atoms with van der Waals surface area (Å²) in [6.07, 6.45) is 12.5. The topological polar surface area (TPSA) is 65.6 Å². The minimum Gasteiger partial charge on any atom is -0.445 e. The fraction of sp³-hybridized carbons (Fsp3) is 0.393. The maximum Gasteiger partial charge on any atom is 0.410 e. The molecule has 2 aromatic carbocycles. The molecule has 0 bridgehead atoms. The summed E-state index contributed by atoms with van der Waals surface area (Å²) in [6.45, 7) is 1.05. The van der Waals surface area contributed by atoms with Gasteiger partial charge in [-0.05, 0) is 60.9 Å². The second-order valence-corrected chi connectivity index (χ2v) is 9.50. The number of aromatic nitrogens is 1. The van der Waals surface area contributed by atoms with E-state index in [0.717, 1.165) is 68.1 Å². The van der Waals surface area contributed by atoms with Crippen LogP contribution in [0.15, 0.2) is 60.8 Å². The lowest BCUT2D eigenvalue weighted by Crippen LogP contribution is -2.37. The molecule has 5 rings (SSSR count). The molecular formula is C28H32N2O3. The van der Waals surface area contributed by atoms with Gasteiger partial charge in [-0.25, -0.2) is 4.79 Å². The lowest BCUT2D eigenvalue weighted by molar-refractivity contribution is 0.0921. The number of nitrogens with one attached hydrogen (secondary N) is 1. The van der Waals surface area contributed by atoms with Crippen LogP contribution < -0.4 is 0 Å². The number of nitrogens with zero attached hydrogens (tertiary/aromatic N) is 1. The number of likely N-dealkylation sites (tertiary alicyclic amines) is 1. The maximum atomic E-state index is 12.8. The third-order valence-corrected chi connectivity index (χ3v) is 7.12. The summed E-state index contributed by atoms with van der Waals surface area (Å²) in [7, 11) is 0. The molecule has 2 N–H and O–H groups in total. The monoisotopic (exact) mass is 444 g/mol. The molecule has 1 atom stereocenters. The van der Waals surface area contributed by atoms with E-state index >= 15 is 0 Å². The lowest BCUT2D eigenvalue weighted by Gasteiger charge is -2.24. The van der Waals surface area contributed by atoms with Gasteiger partial charge in [0, 0.05) is 29.7 Å². The quantitative estimate of drug-likeness (QED) is 0.503.